The van der Waals surface area contributed by atoms with Gasteiger partial charge in [-0.15, -0.1) is 0 Å². The van der Waals surface area contributed by atoms with Gasteiger partial charge in [0.2, 0.25) is 5.79 Å². The molecule has 1 heterocycles. The summed E-state index contributed by atoms with van der Waals surface area (Å²) in [7, 11) is 0. The van der Waals surface area contributed by atoms with Gasteiger partial charge >= 0.3 is 0 Å². The lowest BCUT2D eigenvalue weighted by Crippen LogP contribution is -2.42. The lowest BCUT2D eigenvalue weighted by molar-refractivity contribution is -0.176. The van der Waals surface area contributed by atoms with Crippen LogP contribution < -0.4 is 0 Å². The fraction of sp³-hybridized carbons (Fsp3) is 0.524. The Hall–Kier alpha value is -1.56. The van der Waals surface area contributed by atoms with Crippen LogP contribution in [0.1, 0.15) is 43.0 Å². The third kappa shape index (κ3) is 4.05. The van der Waals surface area contributed by atoms with Crippen molar-refractivity contribution in [2.45, 2.75) is 53.8 Å². The Kier molecular flexibility index (Phi) is 5.34. The summed E-state index contributed by atoms with van der Waals surface area (Å²) in [5.41, 5.74) is 5.21. The van der Waals surface area contributed by atoms with Crippen molar-refractivity contribution in [3.8, 4) is 11.8 Å². The van der Waals surface area contributed by atoms with Crippen molar-refractivity contribution < 1.29 is 9.47 Å². The van der Waals surface area contributed by atoms with E-state index in [-0.39, 0.29) is 5.41 Å². The topological polar surface area (TPSA) is 18.5 Å². The van der Waals surface area contributed by atoms with Gasteiger partial charge in [0.15, 0.2) is 0 Å². The van der Waals surface area contributed by atoms with Crippen molar-refractivity contribution in [3.63, 3.8) is 0 Å². The van der Waals surface area contributed by atoms with E-state index in [1.54, 1.807) is 0 Å². The molecule has 0 unspecified atom stereocenters. The minimum absolute atomic E-state index is 0.172. The summed E-state index contributed by atoms with van der Waals surface area (Å²) in [6.07, 6.45) is 4.93. The van der Waals surface area contributed by atoms with Crippen LogP contribution >= 0.6 is 0 Å². The molecule has 1 aromatic rings. The molecule has 124 valence electrons. The van der Waals surface area contributed by atoms with E-state index in [1.807, 2.05) is 6.08 Å². The zero-order valence-electron chi connectivity index (χ0n) is 15.2. The summed E-state index contributed by atoms with van der Waals surface area (Å²) in [6, 6.07) is 4.47. The highest BCUT2D eigenvalue weighted by atomic mass is 16.7. The van der Waals surface area contributed by atoms with Gasteiger partial charge in [-0.3, -0.25) is 0 Å². The predicted octanol–water partition coefficient (Wildman–Crippen LogP) is 4.50. The van der Waals surface area contributed by atoms with E-state index in [0.29, 0.717) is 13.2 Å². The minimum atomic E-state index is -0.785. The maximum Gasteiger partial charge on any atom is 0.239 e. The standard InChI is InChI=1S/C21H28O2/c1-16-14-17(2)19(18(3)15-16)10-8-7-9-11-21(20(4,5)6)22-12-13-23-21/h7-8,14-15H,10,12-13H2,1-6H3/b8-7+. The van der Waals surface area contributed by atoms with Gasteiger partial charge in [0, 0.05) is 5.41 Å². The number of rotatable bonds is 2. The molecule has 23 heavy (non-hydrogen) atoms. The van der Waals surface area contributed by atoms with Crippen molar-refractivity contribution >= 4 is 0 Å². The molecular formula is C21H28O2. The van der Waals surface area contributed by atoms with Crippen LogP contribution in [-0.4, -0.2) is 19.0 Å². The first-order chi connectivity index (χ1) is 10.8. The van der Waals surface area contributed by atoms with E-state index in [1.165, 1.54) is 22.3 Å². The Morgan fingerprint density at radius 3 is 2.17 bits per heavy atom. The first kappa shape index (κ1) is 17.8. The molecule has 0 aliphatic carbocycles. The van der Waals surface area contributed by atoms with E-state index in [0.717, 1.165) is 6.42 Å². The van der Waals surface area contributed by atoms with E-state index in [9.17, 15) is 0 Å². The number of hydrogen-bond donors (Lipinski definition) is 0. The maximum absolute atomic E-state index is 5.79. The van der Waals surface area contributed by atoms with Gasteiger partial charge in [-0.2, -0.15) is 0 Å². The average molecular weight is 312 g/mol. The Morgan fingerprint density at radius 2 is 1.65 bits per heavy atom. The second kappa shape index (κ2) is 6.91. The highest BCUT2D eigenvalue weighted by Crippen LogP contribution is 2.37. The molecule has 0 aromatic heterocycles. The fourth-order valence-electron chi connectivity index (χ4n) is 3.01. The highest BCUT2D eigenvalue weighted by molar-refractivity contribution is 5.39. The summed E-state index contributed by atoms with van der Waals surface area (Å²) in [5, 5.41) is 0. The summed E-state index contributed by atoms with van der Waals surface area (Å²) >= 11 is 0. The van der Waals surface area contributed by atoms with Gasteiger partial charge in [-0.1, -0.05) is 50.5 Å². The van der Waals surface area contributed by atoms with Gasteiger partial charge in [0.05, 0.1) is 13.2 Å². The molecular weight excluding hydrogens is 284 g/mol. The van der Waals surface area contributed by atoms with Gasteiger partial charge in [0.25, 0.3) is 0 Å². The Balaban J connectivity index is 2.09. The van der Waals surface area contributed by atoms with Crippen molar-refractivity contribution in [2.24, 2.45) is 5.41 Å². The van der Waals surface area contributed by atoms with Crippen LogP contribution in [0.15, 0.2) is 24.3 Å². The largest absolute Gasteiger partial charge is 0.337 e. The second-order valence-electron chi connectivity index (χ2n) is 7.32. The first-order valence-electron chi connectivity index (χ1n) is 8.27. The van der Waals surface area contributed by atoms with Crippen molar-refractivity contribution in [1.82, 2.24) is 0 Å². The molecule has 0 amide bonds. The number of aryl methyl sites for hydroxylation is 3. The molecule has 1 aliphatic rings. The smallest absolute Gasteiger partial charge is 0.239 e. The van der Waals surface area contributed by atoms with Crippen molar-refractivity contribution in [1.29, 1.82) is 0 Å². The molecule has 0 N–H and O–H groups in total. The molecule has 0 spiro atoms. The van der Waals surface area contributed by atoms with Crippen LogP contribution in [0.4, 0.5) is 0 Å². The van der Waals surface area contributed by atoms with E-state index < -0.39 is 5.79 Å². The Morgan fingerprint density at radius 1 is 1.09 bits per heavy atom. The van der Waals surface area contributed by atoms with Crippen LogP contribution in [0.2, 0.25) is 0 Å². The second-order valence-corrected chi connectivity index (χ2v) is 7.32. The molecule has 0 atom stereocenters. The van der Waals surface area contributed by atoms with Gasteiger partial charge in [0.1, 0.15) is 0 Å². The van der Waals surface area contributed by atoms with E-state index in [2.05, 4.69) is 71.6 Å². The number of hydrogen-bond acceptors (Lipinski definition) is 2. The first-order valence-corrected chi connectivity index (χ1v) is 8.27. The lowest BCUT2D eigenvalue weighted by Gasteiger charge is -2.34. The predicted molar refractivity (Wildman–Crippen MR) is 95.4 cm³/mol. The van der Waals surface area contributed by atoms with Gasteiger partial charge in [-0.05, 0) is 55.9 Å². The maximum atomic E-state index is 5.79. The van der Waals surface area contributed by atoms with Crippen LogP contribution in [-0.2, 0) is 15.9 Å². The third-order valence-corrected chi connectivity index (χ3v) is 4.28. The molecule has 2 nitrogen and oxygen atoms in total. The number of allylic oxidation sites excluding steroid dienone is 2. The molecule has 2 heteroatoms. The highest BCUT2D eigenvalue weighted by Gasteiger charge is 2.46. The normalized spacial score (nSPS) is 17.3. The van der Waals surface area contributed by atoms with Crippen LogP contribution in [0.5, 0.6) is 0 Å². The monoisotopic (exact) mass is 312 g/mol. The zero-order chi connectivity index (χ0) is 17.1. The minimum Gasteiger partial charge on any atom is -0.337 e. The molecule has 0 radical (unpaired) electrons. The van der Waals surface area contributed by atoms with Crippen LogP contribution in [0.25, 0.3) is 0 Å². The van der Waals surface area contributed by atoms with E-state index in [4.69, 9.17) is 9.47 Å². The number of ether oxygens (including phenoxy) is 2. The van der Waals surface area contributed by atoms with Crippen LogP contribution in [0, 0.1) is 38.0 Å². The third-order valence-electron chi connectivity index (χ3n) is 4.28. The SMILES string of the molecule is Cc1cc(C)c(C/C=C/C#CC2(C(C)(C)C)OCCO2)c(C)c1. The van der Waals surface area contributed by atoms with Crippen molar-refractivity contribution in [2.75, 3.05) is 13.2 Å². The molecule has 2 rings (SSSR count). The molecule has 1 aromatic carbocycles. The summed E-state index contributed by atoms with van der Waals surface area (Å²) in [4.78, 5) is 0. The average Bonchev–Trinajstić information content (AvgIpc) is 2.90. The Bertz CT molecular complexity index is 622. The van der Waals surface area contributed by atoms with Gasteiger partial charge < -0.3 is 9.47 Å². The molecule has 1 saturated heterocycles. The molecule has 0 saturated carbocycles. The lowest BCUT2D eigenvalue weighted by atomic mass is 9.85. The fourth-order valence-corrected chi connectivity index (χ4v) is 3.01. The van der Waals surface area contributed by atoms with Gasteiger partial charge in [-0.25, -0.2) is 0 Å². The Labute approximate surface area is 140 Å². The van der Waals surface area contributed by atoms with Crippen molar-refractivity contribution in [3.05, 3.63) is 46.5 Å². The molecule has 0 bridgehead atoms. The van der Waals surface area contributed by atoms with E-state index >= 15 is 0 Å². The zero-order valence-corrected chi connectivity index (χ0v) is 15.2. The summed E-state index contributed by atoms with van der Waals surface area (Å²) < 4.78 is 11.6. The number of benzene rings is 1. The van der Waals surface area contributed by atoms with Crippen LogP contribution in [0.3, 0.4) is 0 Å². The molecule has 1 fully saturated rings. The quantitative estimate of drug-likeness (QED) is 0.748. The summed E-state index contributed by atoms with van der Waals surface area (Å²) in [5.74, 6) is 5.51. The summed E-state index contributed by atoms with van der Waals surface area (Å²) in [6.45, 7) is 14.0. The molecule has 1 aliphatic heterocycles.